The first-order valence-corrected chi connectivity index (χ1v) is 8.77. The molecule has 0 spiro atoms. The molecular formula is C20H30O3. The molecular weight excluding hydrogens is 288 g/mol. The lowest BCUT2D eigenvalue weighted by Crippen LogP contribution is -2.07. The number of carbonyl (C=O) groups is 1. The molecule has 2 unspecified atom stereocenters. The molecule has 1 N–H and O–H groups in total. The number of ether oxygens (including phenoxy) is 1. The van der Waals surface area contributed by atoms with Crippen LogP contribution in [0.2, 0.25) is 0 Å². The molecule has 2 atom stereocenters. The Kier molecular flexibility index (Phi) is 10.9. The van der Waals surface area contributed by atoms with Crippen molar-refractivity contribution in [3.05, 3.63) is 48.6 Å². The molecule has 1 aliphatic rings. The highest BCUT2D eigenvalue weighted by atomic mass is 16.6. The van der Waals surface area contributed by atoms with Crippen LogP contribution >= 0.6 is 0 Å². The number of hydrogen-bond donors (Lipinski definition) is 1. The maximum Gasteiger partial charge on any atom is 0.335 e. The highest BCUT2D eigenvalue weighted by molar-refractivity contribution is 5.75. The van der Waals surface area contributed by atoms with Gasteiger partial charge in [-0.3, -0.25) is 0 Å². The van der Waals surface area contributed by atoms with Crippen molar-refractivity contribution in [3.63, 3.8) is 0 Å². The van der Waals surface area contributed by atoms with E-state index in [1.165, 1.54) is 25.7 Å². The van der Waals surface area contributed by atoms with Gasteiger partial charge in [-0.2, -0.15) is 0 Å². The van der Waals surface area contributed by atoms with Crippen molar-refractivity contribution in [2.45, 2.75) is 70.5 Å². The van der Waals surface area contributed by atoms with Crippen LogP contribution in [0.4, 0.5) is 0 Å². The van der Waals surface area contributed by atoms with Crippen LogP contribution in [-0.2, 0) is 9.53 Å². The van der Waals surface area contributed by atoms with E-state index in [0.717, 1.165) is 19.3 Å². The zero-order valence-electron chi connectivity index (χ0n) is 14.2. The average molecular weight is 318 g/mol. The predicted molar refractivity (Wildman–Crippen MR) is 95.5 cm³/mol. The summed E-state index contributed by atoms with van der Waals surface area (Å²) in [5.41, 5.74) is 0. The first-order chi connectivity index (χ1) is 11.3. The Bertz CT molecular complexity index is 432. The Labute approximate surface area is 140 Å². The van der Waals surface area contributed by atoms with Gasteiger partial charge in [0, 0.05) is 0 Å². The topological polar surface area (TPSA) is 49.8 Å². The van der Waals surface area contributed by atoms with Crippen molar-refractivity contribution in [3.8, 4) is 0 Å². The number of aliphatic carboxylic acids is 1. The number of rotatable bonds is 13. The van der Waals surface area contributed by atoms with Crippen LogP contribution in [0.15, 0.2) is 48.6 Å². The Morgan fingerprint density at radius 3 is 2.17 bits per heavy atom. The van der Waals surface area contributed by atoms with E-state index >= 15 is 0 Å². The van der Waals surface area contributed by atoms with Gasteiger partial charge in [-0.15, -0.1) is 0 Å². The number of carboxylic acid groups (broad SMARTS) is 1. The molecule has 3 heteroatoms. The van der Waals surface area contributed by atoms with Gasteiger partial charge in [-0.1, -0.05) is 68.4 Å². The van der Waals surface area contributed by atoms with Gasteiger partial charge in [0.2, 0.25) is 0 Å². The Morgan fingerprint density at radius 2 is 1.57 bits per heavy atom. The van der Waals surface area contributed by atoms with Crippen molar-refractivity contribution < 1.29 is 14.6 Å². The molecule has 0 amide bonds. The van der Waals surface area contributed by atoms with Crippen LogP contribution in [0.5, 0.6) is 0 Å². The lowest BCUT2D eigenvalue weighted by atomic mass is 10.2. The minimum absolute atomic E-state index is 0.108. The lowest BCUT2D eigenvalue weighted by molar-refractivity contribution is -0.138. The van der Waals surface area contributed by atoms with E-state index in [-0.39, 0.29) is 6.10 Å². The summed E-state index contributed by atoms with van der Waals surface area (Å²) in [4.78, 5) is 10.6. The highest BCUT2D eigenvalue weighted by Crippen LogP contribution is 2.25. The Balaban J connectivity index is 1.91. The van der Waals surface area contributed by atoms with Crippen molar-refractivity contribution >= 4 is 5.97 Å². The summed E-state index contributed by atoms with van der Waals surface area (Å²) < 4.78 is 5.02. The number of unbranched alkanes of at least 4 members (excludes halogenated alkanes) is 5. The van der Waals surface area contributed by atoms with Crippen LogP contribution < -0.4 is 0 Å². The first-order valence-electron chi connectivity index (χ1n) is 8.77. The summed E-state index contributed by atoms with van der Waals surface area (Å²) in [6.45, 7) is 2.22. The summed E-state index contributed by atoms with van der Waals surface area (Å²) in [5.74, 6) is -0.850. The largest absolute Gasteiger partial charge is 0.479 e. The quantitative estimate of drug-likeness (QED) is 0.220. The van der Waals surface area contributed by atoms with Crippen LogP contribution in [-0.4, -0.2) is 23.3 Å². The van der Waals surface area contributed by atoms with Crippen molar-refractivity contribution in [1.29, 1.82) is 0 Å². The molecule has 128 valence electrons. The molecule has 0 saturated carbocycles. The molecule has 23 heavy (non-hydrogen) atoms. The molecule has 0 aliphatic carbocycles. The van der Waals surface area contributed by atoms with E-state index in [4.69, 9.17) is 9.84 Å². The van der Waals surface area contributed by atoms with E-state index < -0.39 is 12.1 Å². The van der Waals surface area contributed by atoms with E-state index in [9.17, 15) is 4.79 Å². The van der Waals surface area contributed by atoms with Crippen LogP contribution in [0, 0.1) is 0 Å². The number of epoxide rings is 1. The minimum atomic E-state index is -0.850. The minimum Gasteiger partial charge on any atom is -0.479 e. The summed E-state index contributed by atoms with van der Waals surface area (Å²) in [6.07, 6.45) is 25.2. The molecule has 1 rings (SSSR count). The summed E-state index contributed by atoms with van der Waals surface area (Å²) >= 11 is 0. The van der Waals surface area contributed by atoms with Gasteiger partial charge in [0.15, 0.2) is 6.10 Å². The second-order valence-corrected chi connectivity index (χ2v) is 5.81. The van der Waals surface area contributed by atoms with Gasteiger partial charge < -0.3 is 9.84 Å². The molecule has 0 aromatic rings. The molecule has 1 aliphatic heterocycles. The summed E-state index contributed by atoms with van der Waals surface area (Å²) in [5, 5.41) is 8.68. The van der Waals surface area contributed by atoms with E-state index in [1.54, 1.807) is 0 Å². The van der Waals surface area contributed by atoms with Crippen molar-refractivity contribution in [2.75, 3.05) is 0 Å². The first kappa shape index (κ1) is 19.4. The van der Waals surface area contributed by atoms with Gasteiger partial charge in [0.05, 0.1) is 6.10 Å². The second-order valence-electron chi connectivity index (χ2n) is 5.81. The van der Waals surface area contributed by atoms with Gasteiger partial charge in [0.25, 0.3) is 0 Å². The third kappa shape index (κ3) is 10.7. The number of allylic oxidation sites excluding steroid dienone is 7. The maximum absolute atomic E-state index is 10.6. The lowest BCUT2D eigenvalue weighted by Gasteiger charge is -1.90. The van der Waals surface area contributed by atoms with Crippen LogP contribution in [0.25, 0.3) is 0 Å². The fourth-order valence-electron chi connectivity index (χ4n) is 2.23. The van der Waals surface area contributed by atoms with Crippen LogP contribution in [0.1, 0.15) is 58.3 Å². The van der Waals surface area contributed by atoms with Gasteiger partial charge in [-0.05, 0) is 38.5 Å². The second kappa shape index (κ2) is 12.9. The third-order valence-corrected chi connectivity index (χ3v) is 3.68. The SMILES string of the molecule is CCCCCC=CC=CC=CCCCC=CCC1OC1C(=O)O. The van der Waals surface area contributed by atoms with E-state index in [0.29, 0.717) is 6.42 Å². The molecule has 0 aromatic carbocycles. The molecule has 1 fully saturated rings. The van der Waals surface area contributed by atoms with Crippen molar-refractivity contribution in [1.82, 2.24) is 0 Å². The molecule has 0 bridgehead atoms. The summed E-state index contributed by atoms with van der Waals surface area (Å²) in [6, 6.07) is 0. The smallest absolute Gasteiger partial charge is 0.335 e. The van der Waals surface area contributed by atoms with Gasteiger partial charge >= 0.3 is 5.97 Å². The Hall–Kier alpha value is -1.61. The fourth-order valence-corrected chi connectivity index (χ4v) is 2.23. The molecule has 1 heterocycles. The number of hydrogen-bond acceptors (Lipinski definition) is 2. The van der Waals surface area contributed by atoms with E-state index in [1.807, 2.05) is 6.08 Å². The van der Waals surface area contributed by atoms with E-state index in [2.05, 4.69) is 49.5 Å². The van der Waals surface area contributed by atoms with Crippen molar-refractivity contribution in [2.24, 2.45) is 0 Å². The van der Waals surface area contributed by atoms with Gasteiger partial charge in [0.1, 0.15) is 0 Å². The zero-order chi connectivity index (χ0) is 16.8. The standard InChI is InChI=1S/C20H30O3/c1-2-3-4-5-6-7-8-9-10-11-12-13-14-15-16-17-18-19(23-18)20(21)22/h6-11,15-16,18-19H,2-5,12-14,17H2,1H3,(H,21,22). The molecule has 0 radical (unpaired) electrons. The normalized spacial score (nSPS) is 21.3. The van der Waals surface area contributed by atoms with Gasteiger partial charge in [-0.25, -0.2) is 4.79 Å². The zero-order valence-corrected chi connectivity index (χ0v) is 14.2. The fraction of sp³-hybridized carbons (Fsp3) is 0.550. The third-order valence-electron chi connectivity index (χ3n) is 3.68. The summed E-state index contributed by atoms with van der Waals surface area (Å²) in [7, 11) is 0. The monoisotopic (exact) mass is 318 g/mol. The predicted octanol–water partition coefficient (Wildman–Crippen LogP) is 5.20. The molecule has 3 nitrogen and oxygen atoms in total. The number of carboxylic acids is 1. The molecule has 1 saturated heterocycles. The highest BCUT2D eigenvalue weighted by Gasteiger charge is 2.43. The Morgan fingerprint density at radius 1 is 0.913 bits per heavy atom. The average Bonchev–Trinajstić information content (AvgIpc) is 3.31. The molecule has 0 aromatic heterocycles. The maximum atomic E-state index is 10.6. The van der Waals surface area contributed by atoms with Crippen LogP contribution in [0.3, 0.4) is 0 Å².